The molecule has 0 radical (unpaired) electrons. The Bertz CT molecular complexity index is 933. The maximum atomic E-state index is 6.09. The topological polar surface area (TPSA) is 23.3 Å². The highest BCUT2D eigenvalue weighted by molar-refractivity contribution is 5.93. The molecule has 0 unspecified atom stereocenters. The number of anilines is 2. The molecule has 0 aliphatic carbocycles. The van der Waals surface area contributed by atoms with Crippen molar-refractivity contribution in [1.82, 2.24) is 0 Å². The van der Waals surface area contributed by atoms with E-state index < -0.39 is 0 Å². The van der Waals surface area contributed by atoms with Crippen molar-refractivity contribution in [1.29, 1.82) is 0 Å². The zero-order valence-electron chi connectivity index (χ0n) is 12.6. The molecule has 0 saturated carbocycles. The predicted octanol–water partition coefficient (Wildman–Crippen LogP) is 6.12. The first-order chi connectivity index (χ1) is 11.4. The van der Waals surface area contributed by atoms with Gasteiger partial charge in [-0.05, 0) is 30.3 Å². The van der Waals surface area contributed by atoms with Gasteiger partial charge in [0.15, 0.2) is 0 Å². The Morgan fingerprint density at radius 2 is 1.30 bits per heavy atom. The van der Waals surface area contributed by atoms with Gasteiger partial charge in [-0.3, -0.25) is 0 Å². The first kappa shape index (κ1) is 13.5. The minimum Gasteiger partial charge on any atom is -0.354 e. The summed E-state index contributed by atoms with van der Waals surface area (Å²) in [6, 6.07) is 30.5. The van der Waals surface area contributed by atoms with E-state index in [1.807, 2.05) is 54.6 Å². The third-order valence-electron chi connectivity index (χ3n) is 3.78. The van der Waals surface area contributed by atoms with Crippen molar-refractivity contribution in [2.24, 2.45) is 0 Å². The first-order valence-electron chi connectivity index (χ1n) is 7.63. The Balaban J connectivity index is 1.87. The number of para-hydroxylation sites is 2. The maximum absolute atomic E-state index is 6.09. The van der Waals surface area contributed by atoms with Crippen molar-refractivity contribution in [2.45, 2.75) is 0 Å². The van der Waals surface area contributed by atoms with E-state index in [9.17, 15) is 0 Å². The van der Waals surface area contributed by atoms with Crippen LogP contribution in [0, 0.1) is 0 Å². The van der Waals surface area contributed by atoms with Crippen LogP contribution in [0.3, 0.4) is 0 Å². The largest absolute Gasteiger partial charge is 0.362 e. The molecule has 1 heterocycles. The van der Waals surface area contributed by atoms with E-state index in [0.29, 0.717) is 0 Å². The summed E-state index contributed by atoms with van der Waals surface area (Å²) in [4.78, 5) is 0. The standard InChI is InChI=1S/C21H16NO/c1-3-9-16(10-4-1)21-15-19(22-17-11-5-2-6-12-17)18-13-7-8-14-20(18)23-21/h1-15,22H/q+1. The predicted molar refractivity (Wildman–Crippen MR) is 95.8 cm³/mol. The Morgan fingerprint density at radius 3 is 2.09 bits per heavy atom. The van der Waals surface area contributed by atoms with Crippen LogP contribution in [0.5, 0.6) is 0 Å². The fourth-order valence-electron chi connectivity index (χ4n) is 2.66. The quantitative estimate of drug-likeness (QED) is 0.460. The minimum absolute atomic E-state index is 0.850. The lowest BCUT2D eigenvalue weighted by Crippen LogP contribution is -1.92. The number of fused-ring (bicyclic) bond motifs is 1. The molecular formula is C21H16NO+. The van der Waals surface area contributed by atoms with Crippen molar-refractivity contribution in [3.8, 4) is 11.3 Å². The second-order valence-electron chi connectivity index (χ2n) is 5.38. The van der Waals surface area contributed by atoms with Crippen LogP contribution in [0.15, 0.2) is 95.4 Å². The molecule has 23 heavy (non-hydrogen) atoms. The average molecular weight is 298 g/mol. The molecule has 3 aromatic carbocycles. The molecule has 110 valence electrons. The smallest absolute Gasteiger partial charge is 0.354 e. The summed E-state index contributed by atoms with van der Waals surface area (Å²) < 4.78 is 6.09. The van der Waals surface area contributed by atoms with Gasteiger partial charge in [-0.25, -0.2) is 4.42 Å². The summed E-state index contributed by atoms with van der Waals surface area (Å²) >= 11 is 0. The van der Waals surface area contributed by atoms with Crippen molar-refractivity contribution >= 4 is 22.3 Å². The van der Waals surface area contributed by atoms with Crippen LogP contribution in [0.1, 0.15) is 0 Å². The van der Waals surface area contributed by atoms with Crippen LogP contribution < -0.4 is 5.32 Å². The van der Waals surface area contributed by atoms with Crippen molar-refractivity contribution < 1.29 is 4.42 Å². The Kier molecular flexibility index (Phi) is 3.49. The summed E-state index contributed by atoms with van der Waals surface area (Å²) in [7, 11) is 0. The molecule has 0 spiro atoms. The summed E-state index contributed by atoms with van der Waals surface area (Å²) in [6.07, 6.45) is 0. The van der Waals surface area contributed by atoms with Gasteiger partial charge >= 0.3 is 11.3 Å². The lowest BCUT2D eigenvalue weighted by molar-refractivity contribution is 0.620. The second kappa shape index (κ2) is 5.93. The fourth-order valence-corrected chi connectivity index (χ4v) is 2.66. The highest BCUT2D eigenvalue weighted by Gasteiger charge is 2.18. The monoisotopic (exact) mass is 298 g/mol. The molecular weight excluding hydrogens is 282 g/mol. The number of hydrogen-bond acceptors (Lipinski definition) is 1. The molecule has 2 nitrogen and oxygen atoms in total. The Hall–Kier alpha value is -3.13. The number of hydrogen-bond donors (Lipinski definition) is 1. The van der Waals surface area contributed by atoms with Crippen LogP contribution in [-0.2, 0) is 0 Å². The number of benzene rings is 3. The Labute approximate surface area is 135 Å². The van der Waals surface area contributed by atoms with Crippen molar-refractivity contribution in [2.75, 3.05) is 5.32 Å². The zero-order chi connectivity index (χ0) is 15.5. The lowest BCUT2D eigenvalue weighted by Gasteiger charge is -2.07. The van der Waals surface area contributed by atoms with Crippen molar-refractivity contribution in [3.63, 3.8) is 0 Å². The van der Waals surface area contributed by atoms with Gasteiger partial charge in [-0.15, -0.1) is 0 Å². The van der Waals surface area contributed by atoms with Crippen LogP contribution >= 0.6 is 0 Å². The third-order valence-corrected chi connectivity index (χ3v) is 3.78. The first-order valence-corrected chi connectivity index (χ1v) is 7.63. The van der Waals surface area contributed by atoms with E-state index in [1.165, 1.54) is 0 Å². The second-order valence-corrected chi connectivity index (χ2v) is 5.38. The van der Waals surface area contributed by atoms with E-state index in [1.54, 1.807) is 0 Å². The van der Waals surface area contributed by atoms with Gasteiger partial charge < -0.3 is 5.32 Å². The van der Waals surface area contributed by atoms with Gasteiger partial charge in [0.1, 0.15) is 5.39 Å². The SMILES string of the molecule is c1ccc(Nc2cc(-c3ccccc3)[o+]c3ccccc23)cc1. The van der Waals surface area contributed by atoms with E-state index in [2.05, 4.69) is 41.7 Å². The van der Waals surface area contributed by atoms with Gasteiger partial charge in [0.2, 0.25) is 0 Å². The summed E-state index contributed by atoms with van der Waals surface area (Å²) in [5.74, 6) is 0.850. The Morgan fingerprint density at radius 1 is 0.652 bits per heavy atom. The molecule has 0 aliphatic heterocycles. The fraction of sp³-hybridized carbons (Fsp3) is 0. The highest BCUT2D eigenvalue weighted by atomic mass is 16.3. The van der Waals surface area contributed by atoms with E-state index in [0.717, 1.165) is 33.7 Å². The van der Waals surface area contributed by atoms with Crippen LogP contribution in [0.4, 0.5) is 11.4 Å². The molecule has 0 bridgehead atoms. The molecule has 0 amide bonds. The zero-order valence-corrected chi connectivity index (χ0v) is 12.6. The summed E-state index contributed by atoms with van der Waals surface area (Å²) in [6.45, 7) is 0. The molecule has 0 saturated heterocycles. The minimum atomic E-state index is 0.850. The molecule has 1 aromatic heterocycles. The summed E-state index contributed by atoms with van der Waals surface area (Å²) in [5, 5.41) is 4.56. The molecule has 0 aliphatic rings. The molecule has 4 aromatic rings. The van der Waals surface area contributed by atoms with Crippen molar-refractivity contribution in [3.05, 3.63) is 91.0 Å². The summed E-state index contributed by atoms with van der Waals surface area (Å²) in [5.41, 5.74) is 4.03. The third kappa shape index (κ3) is 2.79. The van der Waals surface area contributed by atoms with Gasteiger partial charge in [-0.2, -0.15) is 0 Å². The lowest BCUT2D eigenvalue weighted by atomic mass is 10.1. The van der Waals surface area contributed by atoms with Crippen LogP contribution in [-0.4, -0.2) is 0 Å². The van der Waals surface area contributed by atoms with Gasteiger partial charge in [0, 0.05) is 11.8 Å². The van der Waals surface area contributed by atoms with Gasteiger partial charge in [0.05, 0.1) is 17.3 Å². The normalized spacial score (nSPS) is 10.6. The molecule has 2 heteroatoms. The number of rotatable bonds is 3. The molecule has 0 fully saturated rings. The van der Waals surface area contributed by atoms with E-state index in [-0.39, 0.29) is 0 Å². The maximum Gasteiger partial charge on any atom is 0.362 e. The van der Waals surface area contributed by atoms with Crippen LogP contribution in [0.2, 0.25) is 0 Å². The van der Waals surface area contributed by atoms with E-state index >= 15 is 0 Å². The molecule has 0 atom stereocenters. The van der Waals surface area contributed by atoms with Gasteiger partial charge in [0.25, 0.3) is 0 Å². The van der Waals surface area contributed by atoms with Gasteiger partial charge in [-0.1, -0.05) is 48.5 Å². The molecule has 4 rings (SSSR count). The average Bonchev–Trinajstić information content (AvgIpc) is 2.63. The van der Waals surface area contributed by atoms with E-state index in [4.69, 9.17) is 4.42 Å². The van der Waals surface area contributed by atoms with Crippen LogP contribution in [0.25, 0.3) is 22.3 Å². The molecule has 1 N–H and O–H groups in total. The highest BCUT2D eigenvalue weighted by Crippen LogP contribution is 2.32. The number of nitrogens with one attached hydrogen (secondary N) is 1.